The van der Waals surface area contributed by atoms with Crippen molar-refractivity contribution >= 4 is 41.3 Å². The van der Waals surface area contributed by atoms with Gasteiger partial charge in [0.15, 0.2) is 11.5 Å². The number of hydrogen-bond donors (Lipinski definition) is 1. The Bertz CT molecular complexity index is 1310. The van der Waals surface area contributed by atoms with Gasteiger partial charge in [0, 0.05) is 17.5 Å². The Hall–Kier alpha value is -3.77. The summed E-state index contributed by atoms with van der Waals surface area (Å²) in [6.45, 7) is 1.92. The number of halogens is 1. The lowest BCUT2D eigenvalue weighted by Gasteiger charge is -2.26. The number of benzene rings is 3. The summed E-state index contributed by atoms with van der Waals surface area (Å²) in [5.74, 6) is -0.234. The predicted molar refractivity (Wildman–Crippen MR) is 122 cm³/mol. The zero-order valence-electron chi connectivity index (χ0n) is 17.1. The zero-order valence-corrected chi connectivity index (χ0v) is 17.8. The van der Waals surface area contributed by atoms with E-state index in [9.17, 15) is 14.7 Å². The summed E-state index contributed by atoms with van der Waals surface area (Å²) in [5, 5.41) is 10.3. The summed E-state index contributed by atoms with van der Waals surface area (Å²) in [5.41, 5.74) is 4.81. The molecular formula is C25H18ClNO5. The third-order valence-electron chi connectivity index (χ3n) is 5.63. The van der Waals surface area contributed by atoms with E-state index in [2.05, 4.69) is 0 Å². The van der Waals surface area contributed by atoms with E-state index in [0.29, 0.717) is 34.2 Å². The van der Waals surface area contributed by atoms with Gasteiger partial charge in [-0.15, -0.1) is 0 Å². The van der Waals surface area contributed by atoms with Gasteiger partial charge in [-0.1, -0.05) is 35.9 Å². The molecule has 160 valence electrons. The second-order valence-corrected chi connectivity index (χ2v) is 8.05. The Labute approximate surface area is 189 Å². The van der Waals surface area contributed by atoms with Gasteiger partial charge < -0.3 is 19.5 Å². The predicted octanol–water partition coefficient (Wildman–Crippen LogP) is 5.47. The van der Waals surface area contributed by atoms with Crippen LogP contribution in [0.1, 0.15) is 34.0 Å². The topological polar surface area (TPSA) is 76.1 Å². The first-order valence-electron chi connectivity index (χ1n) is 9.96. The number of carboxylic acids is 1. The van der Waals surface area contributed by atoms with Gasteiger partial charge in [0.05, 0.1) is 17.8 Å². The number of anilines is 1. The third-order valence-corrected chi connectivity index (χ3v) is 5.86. The molecule has 0 unspecified atom stereocenters. The number of carboxylic acid groups (broad SMARTS) is 1. The molecule has 0 atom stereocenters. The molecule has 5 rings (SSSR count). The molecule has 0 aromatic heterocycles. The summed E-state index contributed by atoms with van der Waals surface area (Å²) >= 11 is 6.16. The van der Waals surface area contributed by atoms with Gasteiger partial charge in [-0.05, 0) is 58.7 Å². The monoisotopic (exact) mass is 447 g/mol. The van der Waals surface area contributed by atoms with Gasteiger partial charge in [0.25, 0.3) is 0 Å². The molecule has 0 fully saturated rings. The molecule has 0 saturated heterocycles. The molecule has 0 bridgehead atoms. The van der Waals surface area contributed by atoms with Gasteiger partial charge in [-0.3, -0.25) is 4.79 Å². The minimum Gasteiger partial charge on any atom is -0.478 e. The van der Waals surface area contributed by atoms with Gasteiger partial charge >= 0.3 is 5.97 Å². The average molecular weight is 448 g/mol. The van der Waals surface area contributed by atoms with Gasteiger partial charge in [-0.25, -0.2) is 4.79 Å². The van der Waals surface area contributed by atoms with E-state index >= 15 is 0 Å². The maximum Gasteiger partial charge on any atom is 0.336 e. The van der Waals surface area contributed by atoms with E-state index in [1.165, 1.54) is 13.0 Å². The fourth-order valence-electron chi connectivity index (χ4n) is 4.05. The summed E-state index contributed by atoms with van der Waals surface area (Å²) in [7, 11) is 0. The molecule has 1 N–H and O–H groups in total. The van der Waals surface area contributed by atoms with Crippen molar-refractivity contribution in [2.24, 2.45) is 0 Å². The highest BCUT2D eigenvalue weighted by Gasteiger charge is 2.23. The number of hydrogen-bond acceptors (Lipinski definition) is 4. The van der Waals surface area contributed by atoms with E-state index in [0.717, 1.165) is 22.4 Å². The molecule has 32 heavy (non-hydrogen) atoms. The number of aromatic carboxylic acids is 1. The first-order chi connectivity index (χ1) is 15.4. The van der Waals surface area contributed by atoms with Gasteiger partial charge in [0.2, 0.25) is 12.7 Å². The van der Waals surface area contributed by atoms with Crippen LogP contribution in [-0.4, -0.2) is 23.8 Å². The Morgan fingerprint density at radius 3 is 2.47 bits per heavy atom. The molecule has 1 amide bonds. The number of carbonyl (C=O) groups is 2. The fourth-order valence-corrected chi connectivity index (χ4v) is 4.23. The average Bonchev–Trinajstić information content (AvgIpc) is 3.22. The van der Waals surface area contributed by atoms with Crippen LogP contribution >= 0.6 is 11.6 Å². The number of fused-ring (bicyclic) bond motifs is 3. The van der Waals surface area contributed by atoms with E-state index in [1.54, 1.807) is 17.0 Å². The zero-order chi connectivity index (χ0) is 22.4. The summed E-state index contributed by atoms with van der Waals surface area (Å²) < 4.78 is 10.8. The Morgan fingerprint density at radius 1 is 0.969 bits per heavy atom. The first-order valence-corrected chi connectivity index (χ1v) is 10.3. The highest BCUT2D eigenvalue weighted by Crippen LogP contribution is 2.40. The number of rotatable bonds is 2. The van der Waals surface area contributed by atoms with Crippen LogP contribution in [0.2, 0.25) is 5.02 Å². The highest BCUT2D eigenvalue weighted by molar-refractivity contribution is 6.30. The summed E-state index contributed by atoms with van der Waals surface area (Å²) in [6.07, 6.45) is 3.90. The third kappa shape index (κ3) is 3.48. The number of ether oxygens (including phenoxy) is 2. The van der Waals surface area contributed by atoms with Crippen LogP contribution in [0.4, 0.5) is 5.69 Å². The van der Waals surface area contributed by atoms with Crippen LogP contribution in [-0.2, 0) is 11.3 Å². The molecule has 0 aliphatic carbocycles. The van der Waals surface area contributed by atoms with Crippen molar-refractivity contribution in [1.82, 2.24) is 0 Å². The molecular weight excluding hydrogens is 430 g/mol. The van der Waals surface area contributed by atoms with E-state index < -0.39 is 5.97 Å². The van der Waals surface area contributed by atoms with Crippen molar-refractivity contribution in [3.63, 3.8) is 0 Å². The molecule has 2 aliphatic heterocycles. The number of carbonyl (C=O) groups excluding carboxylic acids is 1. The van der Waals surface area contributed by atoms with Crippen molar-refractivity contribution in [3.8, 4) is 22.6 Å². The Morgan fingerprint density at radius 2 is 1.72 bits per heavy atom. The largest absolute Gasteiger partial charge is 0.478 e. The second-order valence-electron chi connectivity index (χ2n) is 7.61. The number of nitrogens with zero attached hydrogens (tertiary/aromatic N) is 1. The van der Waals surface area contributed by atoms with Crippen molar-refractivity contribution in [1.29, 1.82) is 0 Å². The van der Waals surface area contributed by atoms with Crippen molar-refractivity contribution in [2.75, 3.05) is 11.7 Å². The van der Waals surface area contributed by atoms with Gasteiger partial charge in [0.1, 0.15) is 0 Å². The quantitative estimate of drug-likeness (QED) is 0.563. The van der Waals surface area contributed by atoms with Crippen LogP contribution in [0, 0.1) is 0 Å². The van der Waals surface area contributed by atoms with Crippen molar-refractivity contribution in [2.45, 2.75) is 13.5 Å². The maximum absolute atomic E-state index is 12.5. The fraction of sp³-hybridized carbons (Fsp3) is 0.120. The van der Waals surface area contributed by atoms with Gasteiger partial charge in [-0.2, -0.15) is 0 Å². The summed E-state index contributed by atoms with van der Waals surface area (Å²) in [4.78, 5) is 26.1. The van der Waals surface area contributed by atoms with Crippen LogP contribution in [0.5, 0.6) is 11.5 Å². The molecule has 2 aliphatic rings. The van der Waals surface area contributed by atoms with Crippen LogP contribution < -0.4 is 14.4 Å². The smallest absolute Gasteiger partial charge is 0.336 e. The summed E-state index contributed by atoms with van der Waals surface area (Å²) in [6, 6.07) is 14.3. The molecule has 0 radical (unpaired) electrons. The van der Waals surface area contributed by atoms with Crippen molar-refractivity contribution < 1.29 is 24.2 Å². The van der Waals surface area contributed by atoms with Crippen LogP contribution in [0.25, 0.3) is 23.3 Å². The van der Waals surface area contributed by atoms with E-state index in [1.807, 2.05) is 42.5 Å². The molecule has 2 heterocycles. The molecule has 0 spiro atoms. The molecule has 7 heteroatoms. The van der Waals surface area contributed by atoms with Crippen molar-refractivity contribution in [3.05, 3.63) is 75.8 Å². The standard InChI is InChI=1S/C25H18ClNO5/c1-14(28)27-12-18-8-16(20-10-23-24(32-13-31-23)11-21(20)25(29)30)4-2-15(18)3-5-17-9-19(26)6-7-22(17)27/h2-11H,12-13H2,1H3,(H,29,30)/b5-3-. The van der Waals surface area contributed by atoms with Crippen LogP contribution in [0.15, 0.2) is 48.5 Å². The minimum atomic E-state index is -1.05. The van der Waals surface area contributed by atoms with E-state index in [4.69, 9.17) is 21.1 Å². The Balaban J connectivity index is 1.65. The Kier molecular flexibility index (Phi) is 4.87. The lowest BCUT2D eigenvalue weighted by Crippen LogP contribution is -2.29. The van der Waals surface area contributed by atoms with Crippen LogP contribution in [0.3, 0.4) is 0 Å². The lowest BCUT2D eigenvalue weighted by molar-refractivity contribution is -0.116. The first kappa shape index (κ1) is 20.2. The maximum atomic E-state index is 12.5. The normalized spacial score (nSPS) is 14.8. The SMILES string of the molecule is CC(=O)N1Cc2cc(-c3cc4c(cc3C(=O)O)OCO4)ccc2/C=C\c2cc(Cl)ccc21. The lowest BCUT2D eigenvalue weighted by atomic mass is 9.93. The minimum absolute atomic E-state index is 0.0594. The molecule has 3 aromatic carbocycles. The molecule has 6 nitrogen and oxygen atoms in total. The highest BCUT2D eigenvalue weighted by atomic mass is 35.5. The van der Waals surface area contributed by atoms with E-state index in [-0.39, 0.29) is 18.3 Å². The molecule has 0 saturated carbocycles. The second kappa shape index (κ2) is 7.73. The molecule has 3 aromatic rings. The number of amides is 1.